The molecule has 1 atom stereocenters. The Labute approximate surface area is 325 Å². The predicted molar refractivity (Wildman–Crippen MR) is 229 cm³/mol. The lowest BCUT2D eigenvalue weighted by atomic mass is 9.64. The number of aliphatic imine (C=N–C) groups is 1. The average molecular weight is 725 g/mol. The molecule has 1 aliphatic heterocycles. The van der Waals surface area contributed by atoms with Crippen LogP contribution in [0.25, 0.3) is 27.6 Å². The smallest absolute Gasteiger partial charge is 0.145 e. The second-order valence-electron chi connectivity index (χ2n) is 20.3. The molecule has 0 bridgehead atoms. The lowest BCUT2D eigenvalue weighted by Gasteiger charge is -2.52. The molecule has 1 saturated carbocycles. The molecule has 286 valence electrons. The van der Waals surface area contributed by atoms with Gasteiger partial charge in [0.1, 0.15) is 23.0 Å². The van der Waals surface area contributed by atoms with Crippen molar-refractivity contribution >= 4 is 27.8 Å². The summed E-state index contributed by atoms with van der Waals surface area (Å²) in [4.78, 5) is 13.5. The van der Waals surface area contributed by atoms with Gasteiger partial charge >= 0.3 is 0 Å². The Balaban J connectivity index is 1.36. The van der Waals surface area contributed by atoms with Crippen LogP contribution in [0.5, 0.6) is 11.5 Å². The van der Waals surface area contributed by atoms with E-state index in [0.29, 0.717) is 6.04 Å². The van der Waals surface area contributed by atoms with Gasteiger partial charge in [-0.3, -0.25) is 9.56 Å². The van der Waals surface area contributed by atoms with Gasteiger partial charge in [-0.05, 0) is 134 Å². The fourth-order valence-corrected chi connectivity index (χ4v) is 9.16. The van der Waals surface area contributed by atoms with Crippen molar-refractivity contribution in [1.82, 2.24) is 14.5 Å². The van der Waals surface area contributed by atoms with Crippen molar-refractivity contribution in [2.45, 2.75) is 157 Å². The predicted octanol–water partition coefficient (Wildman–Crippen LogP) is 13.2. The summed E-state index contributed by atoms with van der Waals surface area (Å²) < 4.78 is 9.29. The van der Waals surface area contributed by atoms with Crippen molar-refractivity contribution in [2.75, 3.05) is 0 Å². The number of amidine groups is 1. The Morgan fingerprint density at radius 3 is 2.00 bits per heavy atom. The first-order valence-electron chi connectivity index (χ1n) is 20.3. The van der Waals surface area contributed by atoms with E-state index in [9.17, 15) is 0 Å². The van der Waals surface area contributed by atoms with Crippen LogP contribution in [0.1, 0.15) is 143 Å². The summed E-state index contributed by atoms with van der Waals surface area (Å²) in [6, 6.07) is 23.1. The van der Waals surface area contributed by atoms with Gasteiger partial charge in [-0.2, -0.15) is 0 Å². The Kier molecular flexibility index (Phi) is 9.18. The molecule has 1 fully saturated rings. The minimum Gasteiger partial charge on any atom is -0.457 e. The molecule has 2 aromatic heterocycles. The normalized spacial score (nSPS) is 19.9. The second kappa shape index (κ2) is 13.0. The zero-order chi connectivity index (χ0) is 39.2. The van der Waals surface area contributed by atoms with Gasteiger partial charge < -0.3 is 9.64 Å². The van der Waals surface area contributed by atoms with E-state index in [-0.39, 0.29) is 27.3 Å². The van der Waals surface area contributed by atoms with Crippen molar-refractivity contribution in [3.05, 3.63) is 94.7 Å². The summed E-state index contributed by atoms with van der Waals surface area (Å²) in [6.07, 6.45) is 8.29. The molecule has 1 aliphatic carbocycles. The van der Waals surface area contributed by atoms with Crippen LogP contribution in [0.15, 0.2) is 71.9 Å². The second-order valence-corrected chi connectivity index (χ2v) is 20.3. The van der Waals surface area contributed by atoms with Crippen molar-refractivity contribution in [2.24, 2.45) is 10.4 Å². The molecule has 0 saturated heterocycles. The minimum atomic E-state index is -0.278. The maximum Gasteiger partial charge on any atom is 0.145 e. The number of rotatable bonds is 5. The summed E-state index contributed by atoms with van der Waals surface area (Å²) in [6.45, 7) is 32.3. The van der Waals surface area contributed by atoms with E-state index in [2.05, 4.69) is 167 Å². The first-order valence-corrected chi connectivity index (χ1v) is 20.3. The Hall–Kier alpha value is -4.12. The molecule has 5 heteroatoms. The van der Waals surface area contributed by atoms with Crippen molar-refractivity contribution in [1.29, 1.82) is 0 Å². The summed E-state index contributed by atoms with van der Waals surface area (Å²) in [7, 11) is 0. The van der Waals surface area contributed by atoms with Gasteiger partial charge in [-0.25, -0.2) is 4.98 Å². The summed E-state index contributed by atoms with van der Waals surface area (Å²) in [5.74, 6) is 2.77. The topological polar surface area (TPSA) is 42.6 Å². The molecule has 0 spiro atoms. The molecule has 0 N–H and O–H groups in total. The lowest BCUT2D eigenvalue weighted by molar-refractivity contribution is 0.0331. The highest BCUT2D eigenvalue weighted by atomic mass is 16.5. The molecule has 0 unspecified atom stereocenters. The molecule has 7 rings (SSSR count). The lowest BCUT2D eigenvalue weighted by Crippen LogP contribution is -2.62. The first-order chi connectivity index (χ1) is 25.1. The summed E-state index contributed by atoms with van der Waals surface area (Å²) in [5, 5.41) is 2.40. The van der Waals surface area contributed by atoms with Gasteiger partial charge in [0.05, 0.1) is 22.3 Å². The van der Waals surface area contributed by atoms with Crippen LogP contribution in [-0.2, 0) is 10.8 Å². The van der Waals surface area contributed by atoms with E-state index in [1.165, 1.54) is 54.0 Å². The molecule has 3 heterocycles. The minimum absolute atomic E-state index is 0.0290. The number of aromatic nitrogens is 2. The van der Waals surface area contributed by atoms with E-state index >= 15 is 0 Å². The van der Waals surface area contributed by atoms with Crippen LogP contribution >= 0.6 is 0 Å². The van der Waals surface area contributed by atoms with Crippen molar-refractivity contribution < 1.29 is 4.74 Å². The SMILES string of the molecule is Cc1cc(Oc2cc(C3=N[C@](C)(C(C)(C)C)C(C)(C)N3C3CCCCC3)cc(C(C)(C)C)c2)cc(-n2c3ccc(C(C)(C)C)cc3c3cc(C)cnc32)c1. The number of pyridine rings is 1. The number of aryl methyl sites for hydroxylation is 2. The van der Waals surface area contributed by atoms with Crippen LogP contribution in [0.3, 0.4) is 0 Å². The monoisotopic (exact) mass is 725 g/mol. The summed E-state index contributed by atoms with van der Waals surface area (Å²) in [5.41, 5.74) is 8.65. The number of hydrogen-bond donors (Lipinski definition) is 0. The van der Waals surface area contributed by atoms with Crippen molar-refractivity contribution in [3.63, 3.8) is 0 Å². The molecule has 0 amide bonds. The highest BCUT2D eigenvalue weighted by Crippen LogP contribution is 2.52. The third kappa shape index (κ3) is 6.54. The molecular weight excluding hydrogens is 661 g/mol. The largest absolute Gasteiger partial charge is 0.457 e. The number of fused-ring (bicyclic) bond motifs is 3. The van der Waals surface area contributed by atoms with Crippen LogP contribution in [-0.4, -0.2) is 37.4 Å². The zero-order valence-corrected chi connectivity index (χ0v) is 35.7. The van der Waals surface area contributed by atoms with E-state index in [0.717, 1.165) is 50.9 Å². The average Bonchev–Trinajstić information content (AvgIpc) is 3.51. The molecule has 2 aliphatic rings. The van der Waals surface area contributed by atoms with Crippen LogP contribution < -0.4 is 4.74 Å². The number of hydrogen-bond acceptors (Lipinski definition) is 4. The van der Waals surface area contributed by atoms with Crippen LogP contribution in [0, 0.1) is 19.3 Å². The van der Waals surface area contributed by atoms with Crippen LogP contribution in [0.2, 0.25) is 0 Å². The molecule has 3 aromatic carbocycles. The fourth-order valence-electron chi connectivity index (χ4n) is 9.16. The fraction of sp³-hybridized carbons (Fsp3) is 0.510. The quantitative estimate of drug-likeness (QED) is 0.181. The van der Waals surface area contributed by atoms with Gasteiger partial charge in [0.25, 0.3) is 0 Å². The highest BCUT2D eigenvalue weighted by Gasteiger charge is 2.59. The standard InChI is InChI=1S/C49H64N4O/c1-31-22-37(52-42-21-20-34(45(3,4)5)28-40(42)41-24-32(2)30-50-44(41)52)29-38(23-31)54-39-26-33(25-35(27-39)46(6,7)8)43-51-49(14,47(9,10)11)48(12,13)53(43)36-18-16-15-17-19-36/h20-30,36H,15-19H2,1-14H3/t49-/m1/s1. The Morgan fingerprint density at radius 2 is 1.35 bits per heavy atom. The van der Waals surface area contributed by atoms with Gasteiger partial charge in [-0.15, -0.1) is 0 Å². The third-order valence-electron chi connectivity index (χ3n) is 12.9. The van der Waals surface area contributed by atoms with Gasteiger partial charge in [0.2, 0.25) is 0 Å². The molecule has 5 nitrogen and oxygen atoms in total. The van der Waals surface area contributed by atoms with E-state index in [1.54, 1.807) is 0 Å². The summed E-state index contributed by atoms with van der Waals surface area (Å²) >= 11 is 0. The van der Waals surface area contributed by atoms with E-state index < -0.39 is 0 Å². The highest BCUT2D eigenvalue weighted by molar-refractivity contribution is 6.08. The zero-order valence-electron chi connectivity index (χ0n) is 35.7. The van der Waals surface area contributed by atoms with E-state index in [1.807, 2.05) is 6.20 Å². The molecule has 5 aromatic rings. The molecule has 54 heavy (non-hydrogen) atoms. The Bertz CT molecular complexity index is 2260. The number of ether oxygens (including phenoxy) is 1. The maximum atomic E-state index is 6.99. The number of nitrogens with zero attached hydrogens (tertiary/aromatic N) is 4. The maximum absolute atomic E-state index is 6.99. The Morgan fingerprint density at radius 1 is 0.685 bits per heavy atom. The van der Waals surface area contributed by atoms with Crippen LogP contribution in [0.4, 0.5) is 0 Å². The number of benzene rings is 3. The van der Waals surface area contributed by atoms with Gasteiger partial charge in [-0.1, -0.05) is 87.6 Å². The third-order valence-corrected chi connectivity index (χ3v) is 12.9. The van der Waals surface area contributed by atoms with Gasteiger partial charge in [0.15, 0.2) is 0 Å². The molecular formula is C49H64N4O. The first kappa shape index (κ1) is 38.2. The molecule has 0 radical (unpaired) electrons. The van der Waals surface area contributed by atoms with Crippen molar-refractivity contribution in [3.8, 4) is 17.2 Å². The van der Waals surface area contributed by atoms with E-state index in [4.69, 9.17) is 14.7 Å². The van der Waals surface area contributed by atoms with Gasteiger partial charge in [0, 0.05) is 34.6 Å².